The summed E-state index contributed by atoms with van der Waals surface area (Å²) in [5, 5.41) is 3.73. The van der Waals surface area contributed by atoms with Crippen molar-refractivity contribution in [1.82, 2.24) is 20.2 Å². The SMILES string of the molecule is Cc1cc(N2CCN(CC(=O)N[C@@H](C)c3ccccc3Cl)CC2)nc(C(C)C)n1. The summed E-state index contributed by atoms with van der Waals surface area (Å²) in [4.78, 5) is 26.2. The highest BCUT2D eigenvalue weighted by Gasteiger charge is 2.22. The van der Waals surface area contributed by atoms with Crippen LogP contribution in [0.1, 0.15) is 49.8 Å². The zero-order valence-electron chi connectivity index (χ0n) is 17.7. The van der Waals surface area contributed by atoms with Gasteiger partial charge in [-0.25, -0.2) is 9.97 Å². The lowest BCUT2D eigenvalue weighted by molar-refractivity contribution is -0.123. The molecule has 7 heteroatoms. The standard InChI is InChI=1S/C22H30ClN5O/c1-15(2)22-24-16(3)13-20(26-22)28-11-9-27(10-12-28)14-21(29)25-17(4)18-7-5-6-8-19(18)23/h5-8,13,15,17H,9-12,14H2,1-4H3,(H,25,29)/t17-/m0/s1. The van der Waals surface area contributed by atoms with Gasteiger partial charge in [0.25, 0.3) is 0 Å². The van der Waals surface area contributed by atoms with Crippen LogP contribution in [0.2, 0.25) is 5.02 Å². The van der Waals surface area contributed by atoms with Crippen LogP contribution >= 0.6 is 11.6 Å². The third-order valence-corrected chi connectivity index (χ3v) is 5.53. The summed E-state index contributed by atoms with van der Waals surface area (Å²) in [6.07, 6.45) is 0. The number of piperazine rings is 1. The highest BCUT2D eigenvalue weighted by atomic mass is 35.5. The number of hydrogen-bond acceptors (Lipinski definition) is 5. The van der Waals surface area contributed by atoms with Crippen molar-refractivity contribution in [3.8, 4) is 0 Å². The predicted molar refractivity (Wildman–Crippen MR) is 118 cm³/mol. The van der Waals surface area contributed by atoms with E-state index in [2.05, 4.69) is 33.9 Å². The number of amides is 1. The van der Waals surface area contributed by atoms with Crippen molar-refractivity contribution in [3.63, 3.8) is 0 Å². The molecule has 29 heavy (non-hydrogen) atoms. The quantitative estimate of drug-likeness (QED) is 0.781. The number of anilines is 1. The minimum absolute atomic E-state index is 0.0193. The van der Waals surface area contributed by atoms with Gasteiger partial charge < -0.3 is 10.2 Å². The Morgan fingerprint density at radius 1 is 1.14 bits per heavy atom. The number of aromatic nitrogens is 2. The average molecular weight is 416 g/mol. The largest absolute Gasteiger partial charge is 0.354 e. The van der Waals surface area contributed by atoms with Crippen LogP contribution in [0.4, 0.5) is 5.82 Å². The lowest BCUT2D eigenvalue weighted by Gasteiger charge is -2.35. The monoisotopic (exact) mass is 415 g/mol. The molecule has 6 nitrogen and oxygen atoms in total. The molecule has 0 aliphatic carbocycles. The van der Waals surface area contributed by atoms with E-state index in [0.717, 1.165) is 49.1 Å². The molecule has 0 spiro atoms. The average Bonchev–Trinajstić information content (AvgIpc) is 2.68. The summed E-state index contributed by atoms with van der Waals surface area (Å²) in [7, 11) is 0. The number of benzene rings is 1. The van der Waals surface area contributed by atoms with E-state index in [1.807, 2.05) is 44.2 Å². The van der Waals surface area contributed by atoms with E-state index in [9.17, 15) is 4.79 Å². The molecule has 1 aromatic carbocycles. The molecule has 0 unspecified atom stereocenters. The van der Waals surface area contributed by atoms with Gasteiger partial charge in [0.15, 0.2) is 0 Å². The minimum atomic E-state index is -0.115. The summed E-state index contributed by atoms with van der Waals surface area (Å²) >= 11 is 6.23. The van der Waals surface area contributed by atoms with Crippen LogP contribution in [0.3, 0.4) is 0 Å². The molecule has 2 heterocycles. The number of rotatable bonds is 6. The molecule has 3 rings (SSSR count). The Kier molecular flexibility index (Phi) is 7.09. The van der Waals surface area contributed by atoms with Gasteiger partial charge in [0.1, 0.15) is 11.6 Å². The van der Waals surface area contributed by atoms with Crippen molar-refractivity contribution in [1.29, 1.82) is 0 Å². The topological polar surface area (TPSA) is 61.4 Å². The Labute approximate surface area is 178 Å². The third-order valence-electron chi connectivity index (χ3n) is 5.19. The summed E-state index contributed by atoms with van der Waals surface area (Å²) in [5.74, 6) is 2.19. The Balaban J connectivity index is 1.52. The molecule has 156 valence electrons. The van der Waals surface area contributed by atoms with Crippen molar-refractivity contribution in [2.45, 2.75) is 39.7 Å². The van der Waals surface area contributed by atoms with E-state index in [1.165, 1.54) is 0 Å². The Morgan fingerprint density at radius 2 is 1.83 bits per heavy atom. The van der Waals surface area contributed by atoms with E-state index in [-0.39, 0.29) is 11.9 Å². The van der Waals surface area contributed by atoms with Crippen molar-refractivity contribution >= 4 is 23.3 Å². The Bertz CT molecular complexity index is 849. The molecule has 1 atom stereocenters. The highest BCUT2D eigenvalue weighted by molar-refractivity contribution is 6.31. The first-order valence-electron chi connectivity index (χ1n) is 10.2. The van der Waals surface area contributed by atoms with E-state index in [0.29, 0.717) is 17.5 Å². The number of aryl methyl sites for hydroxylation is 1. The number of halogens is 1. The molecular formula is C22H30ClN5O. The summed E-state index contributed by atoms with van der Waals surface area (Å²) in [6, 6.07) is 9.54. The molecule has 1 aliphatic heterocycles. The van der Waals surface area contributed by atoms with Crippen molar-refractivity contribution in [2.75, 3.05) is 37.6 Å². The van der Waals surface area contributed by atoms with Crippen molar-refractivity contribution < 1.29 is 4.79 Å². The number of nitrogens with one attached hydrogen (secondary N) is 1. The van der Waals surface area contributed by atoms with Crippen LogP contribution in [-0.2, 0) is 4.79 Å². The first-order chi connectivity index (χ1) is 13.8. The maximum absolute atomic E-state index is 12.5. The van der Waals surface area contributed by atoms with Crippen LogP contribution < -0.4 is 10.2 Å². The van der Waals surface area contributed by atoms with Gasteiger partial charge in [0.2, 0.25) is 5.91 Å². The Morgan fingerprint density at radius 3 is 2.48 bits per heavy atom. The molecule has 0 radical (unpaired) electrons. The second kappa shape index (κ2) is 9.55. The molecule has 2 aromatic rings. The first kappa shape index (κ1) is 21.5. The van der Waals surface area contributed by atoms with Gasteiger partial charge in [-0.1, -0.05) is 43.6 Å². The van der Waals surface area contributed by atoms with E-state index >= 15 is 0 Å². The molecule has 1 saturated heterocycles. The number of nitrogens with zero attached hydrogens (tertiary/aromatic N) is 4. The molecule has 0 bridgehead atoms. The van der Waals surface area contributed by atoms with Crippen LogP contribution in [0.5, 0.6) is 0 Å². The second-order valence-corrected chi connectivity index (χ2v) is 8.36. The van der Waals surface area contributed by atoms with Crippen LogP contribution in [0.15, 0.2) is 30.3 Å². The van der Waals surface area contributed by atoms with Crippen LogP contribution in [-0.4, -0.2) is 53.5 Å². The van der Waals surface area contributed by atoms with Gasteiger partial charge in [-0.3, -0.25) is 9.69 Å². The fraction of sp³-hybridized carbons (Fsp3) is 0.500. The summed E-state index contributed by atoms with van der Waals surface area (Å²) in [5.41, 5.74) is 1.93. The van der Waals surface area contributed by atoms with Gasteiger partial charge in [0, 0.05) is 48.9 Å². The second-order valence-electron chi connectivity index (χ2n) is 7.95. The van der Waals surface area contributed by atoms with Crippen LogP contribution in [0, 0.1) is 6.92 Å². The van der Waals surface area contributed by atoms with Gasteiger partial charge >= 0.3 is 0 Å². The number of carbonyl (C=O) groups is 1. The molecule has 1 amide bonds. The molecule has 0 saturated carbocycles. The summed E-state index contributed by atoms with van der Waals surface area (Å²) in [6.45, 7) is 11.9. The van der Waals surface area contributed by atoms with Crippen molar-refractivity contribution in [3.05, 3.63) is 52.4 Å². The maximum Gasteiger partial charge on any atom is 0.234 e. The van der Waals surface area contributed by atoms with E-state index < -0.39 is 0 Å². The van der Waals surface area contributed by atoms with Gasteiger partial charge in [-0.15, -0.1) is 0 Å². The molecule has 1 fully saturated rings. The van der Waals surface area contributed by atoms with E-state index in [4.69, 9.17) is 16.6 Å². The Hall–Kier alpha value is -2.18. The zero-order valence-corrected chi connectivity index (χ0v) is 18.4. The smallest absolute Gasteiger partial charge is 0.234 e. The third kappa shape index (κ3) is 5.67. The summed E-state index contributed by atoms with van der Waals surface area (Å²) < 4.78 is 0. The minimum Gasteiger partial charge on any atom is -0.354 e. The lowest BCUT2D eigenvalue weighted by atomic mass is 10.1. The number of carbonyl (C=O) groups excluding carboxylic acids is 1. The fourth-order valence-corrected chi connectivity index (χ4v) is 3.82. The normalized spacial score (nSPS) is 16.1. The fourth-order valence-electron chi connectivity index (χ4n) is 3.52. The lowest BCUT2D eigenvalue weighted by Crippen LogP contribution is -2.50. The van der Waals surface area contributed by atoms with Gasteiger partial charge in [-0.05, 0) is 25.5 Å². The molecular weight excluding hydrogens is 386 g/mol. The van der Waals surface area contributed by atoms with Gasteiger partial charge in [0.05, 0.1) is 12.6 Å². The number of hydrogen-bond donors (Lipinski definition) is 1. The first-order valence-corrected chi connectivity index (χ1v) is 10.6. The van der Waals surface area contributed by atoms with Gasteiger partial charge in [-0.2, -0.15) is 0 Å². The maximum atomic E-state index is 12.5. The zero-order chi connectivity index (χ0) is 21.0. The predicted octanol–water partition coefficient (Wildman–Crippen LogP) is 3.56. The molecule has 1 N–H and O–H groups in total. The van der Waals surface area contributed by atoms with Crippen LogP contribution in [0.25, 0.3) is 0 Å². The van der Waals surface area contributed by atoms with Crippen molar-refractivity contribution in [2.24, 2.45) is 0 Å². The highest BCUT2D eigenvalue weighted by Crippen LogP contribution is 2.22. The molecule has 1 aromatic heterocycles. The molecule has 1 aliphatic rings. The van der Waals surface area contributed by atoms with E-state index in [1.54, 1.807) is 0 Å².